The molecule has 0 unspecified atom stereocenters. The van der Waals surface area contributed by atoms with E-state index in [1.54, 1.807) is 45.8 Å². The first kappa shape index (κ1) is 22.0. The van der Waals surface area contributed by atoms with Gasteiger partial charge in [0.25, 0.3) is 11.5 Å². The minimum Gasteiger partial charge on any atom is -0.495 e. The predicted molar refractivity (Wildman–Crippen MR) is 131 cm³/mol. The van der Waals surface area contributed by atoms with E-state index in [0.717, 1.165) is 22.4 Å². The zero-order valence-corrected chi connectivity index (χ0v) is 19.6. The maximum atomic E-state index is 13.2. The van der Waals surface area contributed by atoms with Crippen LogP contribution in [0.1, 0.15) is 21.7 Å². The Labute approximate surface area is 201 Å². The van der Waals surface area contributed by atoms with Gasteiger partial charge >= 0.3 is 0 Å². The number of ether oxygens (including phenoxy) is 1. The number of rotatable bonds is 5. The topological polar surface area (TPSA) is 69.4 Å². The Morgan fingerprint density at radius 3 is 2.59 bits per heavy atom. The van der Waals surface area contributed by atoms with Gasteiger partial charge in [0.2, 0.25) is 0 Å². The van der Waals surface area contributed by atoms with E-state index < -0.39 is 0 Å². The Hall–Kier alpha value is -3.84. The lowest BCUT2D eigenvalue weighted by Gasteiger charge is -2.30. The second-order valence-corrected chi connectivity index (χ2v) is 8.67. The van der Waals surface area contributed by atoms with Crippen LogP contribution < -0.4 is 10.3 Å². The van der Waals surface area contributed by atoms with Crippen molar-refractivity contribution in [2.24, 2.45) is 0 Å². The molecule has 1 amide bonds. The molecule has 8 heteroatoms. The molecule has 34 heavy (non-hydrogen) atoms. The molecule has 7 nitrogen and oxygen atoms in total. The summed E-state index contributed by atoms with van der Waals surface area (Å²) >= 11 is 6.30. The van der Waals surface area contributed by atoms with Crippen LogP contribution in [0.25, 0.3) is 16.8 Å². The molecule has 0 spiro atoms. The number of hydrogen-bond acceptors (Lipinski definition) is 4. The minimum absolute atomic E-state index is 0.158. The van der Waals surface area contributed by atoms with E-state index in [-0.39, 0.29) is 11.5 Å². The van der Waals surface area contributed by atoms with E-state index in [9.17, 15) is 9.59 Å². The van der Waals surface area contributed by atoms with Crippen LogP contribution in [0.4, 0.5) is 0 Å². The van der Waals surface area contributed by atoms with Gasteiger partial charge in [0.1, 0.15) is 17.1 Å². The van der Waals surface area contributed by atoms with Gasteiger partial charge in [-0.2, -0.15) is 0 Å². The number of carbonyl (C=O) groups excluding carboxylic acids is 1. The van der Waals surface area contributed by atoms with Gasteiger partial charge < -0.3 is 18.8 Å². The molecule has 0 bridgehead atoms. The second kappa shape index (κ2) is 8.83. The molecule has 0 radical (unpaired) electrons. The van der Waals surface area contributed by atoms with Gasteiger partial charge in [-0.3, -0.25) is 9.59 Å². The summed E-state index contributed by atoms with van der Waals surface area (Å²) in [6, 6.07) is 17.1. The Kier molecular flexibility index (Phi) is 5.71. The van der Waals surface area contributed by atoms with Crippen molar-refractivity contribution >= 4 is 17.5 Å². The van der Waals surface area contributed by atoms with Gasteiger partial charge in [0, 0.05) is 25.8 Å². The zero-order valence-electron chi connectivity index (χ0n) is 18.9. The van der Waals surface area contributed by atoms with Gasteiger partial charge in [-0.1, -0.05) is 35.9 Å². The summed E-state index contributed by atoms with van der Waals surface area (Å²) in [6.45, 7) is 3.21. The molecule has 0 fully saturated rings. The number of aryl methyl sites for hydroxylation is 1. The van der Waals surface area contributed by atoms with E-state index in [1.807, 2.05) is 43.3 Å². The lowest BCUT2D eigenvalue weighted by Crippen LogP contribution is -2.44. The molecule has 2 aromatic carbocycles. The van der Waals surface area contributed by atoms with Gasteiger partial charge in [-0.05, 0) is 53.9 Å². The maximum Gasteiger partial charge on any atom is 0.275 e. The SMILES string of the molecule is COc1ccc(-c2cccc(CN3CCn4c(ccc(-n5cnc(C)c5)c4=O)C3=O)c2)cc1Cl. The molecule has 1 aliphatic heterocycles. The van der Waals surface area contributed by atoms with Crippen molar-refractivity contribution in [1.82, 2.24) is 19.0 Å². The van der Waals surface area contributed by atoms with Crippen LogP contribution in [0.15, 0.2) is 71.9 Å². The van der Waals surface area contributed by atoms with Crippen LogP contribution >= 0.6 is 11.6 Å². The first-order valence-corrected chi connectivity index (χ1v) is 11.3. The van der Waals surface area contributed by atoms with Crippen molar-refractivity contribution in [3.05, 3.63) is 99.4 Å². The Bertz CT molecular complexity index is 1460. The average molecular weight is 475 g/mol. The van der Waals surface area contributed by atoms with Crippen molar-refractivity contribution in [3.63, 3.8) is 0 Å². The number of carbonyl (C=O) groups is 1. The van der Waals surface area contributed by atoms with E-state index in [4.69, 9.17) is 16.3 Å². The number of halogens is 1. The highest BCUT2D eigenvalue weighted by Gasteiger charge is 2.26. The summed E-state index contributed by atoms with van der Waals surface area (Å²) in [4.78, 5) is 32.2. The molecular formula is C26H23ClN4O3. The fraction of sp³-hybridized carbons (Fsp3) is 0.192. The highest BCUT2D eigenvalue weighted by Crippen LogP contribution is 2.30. The number of nitrogens with zero attached hydrogens (tertiary/aromatic N) is 4. The molecule has 0 atom stereocenters. The zero-order chi connectivity index (χ0) is 23.8. The van der Waals surface area contributed by atoms with Crippen molar-refractivity contribution in [2.45, 2.75) is 20.0 Å². The standard InChI is InChI=1S/C26H23ClN4O3/c1-17-14-30(16-28-17)22-7-8-23-25(32)29(10-11-31(23)26(22)33)15-18-4-3-5-19(12-18)20-6-9-24(34-2)21(27)13-20/h3-9,12-14,16H,10-11,15H2,1-2H3. The number of aromatic nitrogens is 3. The summed E-state index contributed by atoms with van der Waals surface area (Å²) in [7, 11) is 1.59. The summed E-state index contributed by atoms with van der Waals surface area (Å²) in [5, 5.41) is 0.545. The van der Waals surface area contributed by atoms with Crippen molar-refractivity contribution in [3.8, 4) is 22.6 Å². The number of fused-ring (bicyclic) bond motifs is 1. The number of benzene rings is 2. The molecule has 5 rings (SSSR count). The van der Waals surface area contributed by atoms with Crippen molar-refractivity contribution in [2.75, 3.05) is 13.7 Å². The lowest BCUT2D eigenvalue weighted by molar-refractivity contribution is 0.0686. The van der Waals surface area contributed by atoms with E-state index >= 15 is 0 Å². The first-order chi connectivity index (χ1) is 16.4. The third-order valence-corrected chi connectivity index (χ3v) is 6.32. The number of amides is 1. The molecule has 0 aliphatic carbocycles. The number of hydrogen-bond donors (Lipinski definition) is 0. The van der Waals surface area contributed by atoms with Gasteiger partial charge in [-0.25, -0.2) is 4.98 Å². The molecule has 0 saturated heterocycles. The number of imidazole rings is 1. The fourth-order valence-corrected chi connectivity index (χ4v) is 4.53. The molecule has 0 saturated carbocycles. The Balaban J connectivity index is 1.39. The second-order valence-electron chi connectivity index (χ2n) is 8.26. The molecule has 2 aromatic heterocycles. The van der Waals surface area contributed by atoms with Crippen LogP contribution in [0.2, 0.25) is 5.02 Å². The first-order valence-electron chi connectivity index (χ1n) is 10.9. The molecule has 1 aliphatic rings. The third-order valence-electron chi connectivity index (χ3n) is 6.03. The monoisotopic (exact) mass is 474 g/mol. The quantitative estimate of drug-likeness (QED) is 0.432. The summed E-state index contributed by atoms with van der Waals surface area (Å²) in [6.07, 6.45) is 3.41. The predicted octanol–water partition coefficient (Wildman–Crippen LogP) is 4.33. The maximum absolute atomic E-state index is 13.2. The van der Waals surface area contributed by atoms with Crippen molar-refractivity contribution < 1.29 is 9.53 Å². The highest BCUT2D eigenvalue weighted by atomic mass is 35.5. The van der Waals surface area contributed by atoms with E-state index in [0.29, 0.717) is 41.8 Å². The Morgan fingerprint density at radius 1 is 1.03 bits per heavy atom. The van der Waals surface area contributed by atoms with Crippen LogP contribution in [-0.2, 0) is 13.1 Å². The third kappa shape index (κ3) is 3.99. The normalized spacial score (nSPS) is 13.1. The van der Waals surface area contributed by atoms with Gasteiger partial charge in [-0.15, -0.1) is 0 Å². The van der Waals surface area contributed by atoms with Crippen LogP contribution in [-0.4, -0.2) is 38.6 Å². The summed E-state index contributed by atoms with van der Waals surface area (Å²) in [5.41, 5.74) is 4.48. The molecule has 0 N–H and O–H groups in total. The van der Waals surface area contributed by atoms with Gasteiger partial charge in [0.05, 0.1) is 24.2 Å². The molecule has 172 valence electrons. The highest BCUT2D eigenvalue weighted by molar-refractivity contribution is 6.32. The smallest absolute Gasteiger partial charge is 0.275 e. The Morgan fingerprint density at radius 2 is 1.85 bits per heavy atom. The van der Waals surface area contributed by atoms with Crippen LogP contribution in [0.3, 0.4) is 0 Å². The molecular weight excluding hydrogens is 452 g/mol. The lowest BCUT2D eigenvalue weighted by atomic mass is 10.0. The number of methoxy groups -OCH3 is 1. The van der Waals surface area contributed by atoms with E-state index in [2.05, 4.69) is 11.1 Å². The van der Waals surface area contributed by atoms with Crippen molar-refractivity contribution in [1.29, 1.82) is 0 Å². The average Bonchev–Trinajstić information content (AvgIpc) is 3.27. The van der Waals surface area contributed by atoms with Crippen LogP contribution in [0, 0.1) is 6.92 Å². The minimum atomic E-state index is -0.193. The van der Waals surface area contributed by atoms with E-state index in [1.165, 1.54) is 0 Å². The largest absolute Gasteiger partial charge is 0.495 e. The number of pyridine rings is 1. The molecule has 3 heterocycles. The van der Waals surface area contributed by atoms with Crippen LogP contribution in [0.5, 0.6) is 5.75 Å². The summed E-state index contributed by atoms with van der Waals surface area (Å²) in [5.74, 6) is 0.468. The van der Waals surface area contributed by atoms with Gasteiger partial charge in [0.15, 0.2) is 0 Å². The fourth-order valence-electron chi connectivity index (χ4n) is 4.28. The summed E-state index contributed by atoms with van der Waals surface area (Å²) < 4.78 is 8.49. The molecule has 4 aromatic rings.